The van der Waals surface area contributed by atoms with E-state index in [-0.39, 0.29) is 17.8 Å². The van der Waals surface area contributed by atoms with Crippen LogP contribution in [0.4, 0.5) is 4.39 Å². The predicted octanol–water partition coefficient (Wildman–Crippen LogP) is 3.03. The maximum absolute atomic E-state index is 13.9. The van der Waals surface area contributed by atoms with Gasteiger partial charge in [-0.25, -0.2) is 4.39 Å². The molecule has 0 spiro atoms. The molecule has 1 heterocycles. The number of fused-ring (bicyclic) bond motifs is 1. The average molecular weight is 372 g/mol. The van der Waals surface area contributed by atoms with Gasteiger partial charge in [-0.15, -0.1) is 0 Å². The molecule has 1 amide bonds. The third-order valence-corrected chi connectivity index (χ3v) is 5.03. The van der Waals surface area contributed by atoms with Crippen LogP contribution < -0.4 is 5.32 Å². The molecule has 5 nitrogen and oxygen atoms in total. The molecule has 2 aromatic rings. The standard InChI is InChI=1S/C21H29FN4O/c1-14(2)13-26-19-10-9-16(23-12-15-7-5-6-8-18(15)22)11-17(19)20(24-26)21(27)25(3)4/h5-8,14,16,23H,9-13H2,1-4H3. The normalized spacial score (nSPS) is 16.4. The van der Waals surface area contributed by atoms with E-state index < -0.39 is 0 Å². The van der Waals surface area contributed by atoms with Gasteiger partial charge in [0.05, 0.1) is 0 Å². The molecule has 0 bridgehead atoms. The molecule has 0 fully saturated rings. The first-order valence-corrected chi connectivity index (χ1v) is 9.63. The monoisotopic (exact) mass is 372 g/mol. The number of amides is 1. The summed E-state index contributed by atoms with van der Waals surface area (Å²) in [6.45, 7) is 5.62. The van der Waals surface area contributed by atoms with E-state index in [1.54, 1.807) is 31.1 Å². The highest BCUT2D eigenvalue weighted by molar-refractivity contribution is 5.93. The van der Waals surface area contributed by atoms with Gasteiger partial charge in [-0.3, -0.25) is 9.48 Å². The van der Waals surface area contributed by atoms with Gasteiger partial charge in [0.15, 0.2) is 5.69 Å². The lowest BCUT2D eigenvalue weighted by atomic mass is 9.90. The van der Waals surface area contributed by atoms with Gasteiger partial charge in [-0.2, -0.15) is 5.10 Å². The van der Waals surface area contributed by atoms with Crippen molar-refractivity contribution in [1.29, 1.82) is 0 Å². The maximum Gasteiger partial charge on any atom is 0.274 e. The van der Waals surface area contributed by atoms with Crippen molar-refractivity contribution in [1.82, 2.24) is 20.0 Å². The number of nitrogens with one attached hydrogen (secondary N) is 1. The van der Waals surface area contributed by atoms with Gasteiger partial charge in [0.25, 0.3) is 5.91 Å². The number of carbonyl (C=O) groups excluding carboxylic acids is 1. The summed E-state index contributed by atoms with van der Waals surface area (Å²) in [6.07, 6.45) is 2.59. The van der Waals surface area contributed by atoms with Crippen molar-refractivity contribution in [3.05, 3.63) is 52.6 Å². The van der Waals surface area contributed by atoms with Gasteiger partial charge in [-0.05, 0) is 31.2 Å². The Kier molecular flexibility index (Phi) is 5.95. The zero-order valence-corrected chi connectivity index (χ0v) is 16.6. The third-order valence-electron chi connectivity index (χ3n) is 5.03. The van der Waals surface area contributed by atoms with Crippen molar-refractivity contribution in [2.45, 2.75) is 52.2 Å². The number of benzene rings is 1. The van der Waals surface area contributed by atoms with E-state index >= 15 is 0 Å². The molecule has 1 unspecified atom stereocenters. The van der Waals surface area contributed by atoms with Gasteiger partial charge in [0, 0.05) is 50.0 Å². The van der Waals surface area contributed by atoms with Crippen LogP contribution in [0.15, 0.2) is 24.3 Å². The van der Waals surface area contributed by atoms with E-state index in [4.69, 9.17) is 0 Å². The highest BCUT2D eigenvalue weighted by Crippen LogP contribution is 2.26. The molecule has 27 heavy (non-hydrogen) atoms. The van der Waals surface area contributed by atoms with Gasteiger partial charge >= 0.3 is 0 Å². The second kappa shape index (κ2) is 8.21. The van der Waals surface area contributed by atoms with Crippen LogP contribution in [-0.2, 0) is 25.9 Å². The van der Waals surface area contributed by atoms with Gasteiger partial charge < -0.3 is 10.2 Å². The molecule has 1 aromatic heterocycles. The smallest absolute Gasteiger partial charge is 0.274 e. The van der Waals surface area contributed by atoms with E-state index in [2.05, 4.69) is 24.3 Å². The highest BCUT2D eigenvalue weighted by atomic mass is 19.1. The summed E-state index contributed by atoms with van der Waals surface area (Å²) >= 11 is 0. The molecule has 0 radical (unpaired) electrons. The number of rotatable bonds is 6. The predicted molar refractivity (Wildman–Crippen MR) is 104 cm³/mol. The molecule has 0 saturated heterocycles. The molecule has 1 aromatic carbocycles. The number of aromatic nitrogens is 2. The molecule has 1 aliphatic carbocycles. The van der Waals surface area contributed by atoms with E-state index in [0.29, 0.717) is 23.7 Å². The SMILES string of the molecule is CC(C)Cn1nc(C(=O)N(C)C)c2c1CCC(NCc1ccccc1F)C2. The average Bonchev–Trinajstić information content (AvgIpc) is 2.97. The summed E-state index contributed by atoms with van der Waals surface area (Å²) in [5.74, 6) is 0.228. The summed E-state index contributed by atoms with van der Waals surface area (Å²) in [6, 6.07) is 7.05. The molecule has 3 rings (SSSR count). The van der Waals surface area contributed by atoms with Crippen LogP contribution in [0.3, 0.4) is 0 Å². The van der Waals surface area contributed by atoms with Crippen molar-refractivity contribution in [3.63, 3.8) is 0 Å². The molecule has 6 heteroatoms. The van der Waals surface area contributed by atoms with Crippen molar-refractivity contribution in [3.8, 4) is 0 Å². The number of halogens is 1. The van der Waals surface area contributed by atoms with Gasteiger partial charge in [0.2, 0.25) is 0 Å². The van der Waals surface area contributed by atoms with Crippen LogP contribution in [0.1, 0.15) is 47.6 Å². The lowest BCUT2D eigenvalue weighted by molar-refractivity contribution is 0.0819. The summed E-state index contributed by atoms with van der Waals surface area (Å²) in [5, 5.41) is 8.12. The molecule has 1 atom stereocenters. The Balaban J connectivity index is 1.79. The zero-order chi connectivity index (χ0) is 19.6. The molecular formula is C21H29FN4O. The Bertz CT molecular complexity index is 813. The Morgan fingerprint density at radius 1 is 1.37 bits per heavy atom. The summed E-state index contributed by atoms with van der Waals surface area (Å²) in [5.41, 5.74) is 3.46. The molecule has 0 aliphatic heterocycles. The lowest BCUT2D eigenvalue weighted by Crippen LogP contribution is -2.35. The van der Waals surface area contributed by atoms with E-state index in [9.17, 15) is 9.18 Å². The van der Waals surface area contributed by atoms with Crippen LogP contribution in [0, 0.1) is 11.7 Å². The maximum atomic E-state index is 13.9. The third kappa shape index (κ3) is 4.38. The van der Waals surface area contributed by atoms with Gasteiger partial charge in [-0.1, -0.05) is 32.0 Å². The first-order chi connectivity index (χ1) is 12.9. The van der Waals surface area contributed by atoms with E-state index in [0.717, 1.165) is 31.4 Å². The first kappa shape index (κ1) is 19.5. The number of carbonyl (C=O) groups is 1. The fraction of sp³-hybridized carbons (Fsp3) is 0.524. The topological polar surface area (TPSA) is 50.2 Å². The second-order valence-corrected chi connectivity index (χ2v) is 7.96. The molecule has 146 valence electrons. The number of hydrogen-bond donors (Lipinski definition) is 1. The number of nitrogens with zero attached hydrogens (tertiary/aromatic N) is 3. The highest BCUT2D eigenvalue weighted by Gasteiger charge is 2.29. The van der Waals surface area contributed by atoms with Crippen molar-refractivity contribution < 1.29 is 9.18 Å². The molecular weight excluding hydrogens is 343 g/mol. The van der Waals surface area contributed by atoms with Crippen molar-refractivity contribution in [2.24, 2.45) is 5.92 Å². The van der Waals surface area contributed by atoms with Gasteiger partial charge in [0.1, 0.15) is 5.82 Å². The minimum atomic E-state index is -0.185. The largest absolute Gasteiger partial charge is 0.343 e. The Labute approximate surface area is 160 Å². The van der Waals surface area contributed by atoms with Crippen LogP contribution in [0.25, 0.3) is 0 Å². The van der Waals surface area contributed by atoms with Crippen LogP contribution in [0.2, 0.25) is 0 Å². The molecule has 1 N–H and O–H groups in total. The minimum Gasteiger partial charge on any atom is -0.343 e. The lowest BCUT2D eigenvalue weighted by Gasteiger charge is -2.25. The van der Waals surface area contributed by atoms with Crippen molar-refractivity contribution in [2.75, 3.05) is 14.1 Å². The van der Waals surface area contributed by atoms with Crippen molar-refractivity contribution >= 4 is 5.91 Å². The Morgan fingerprint density at radius 2 is 2.11 bits per heavy atom. The van der Waals surface area contributed by atoms with Crippen LogP contribution in [0.5, 0.6) is 0 Å². The Hall–Kier alpha value is -2.21. The fourth-order valence-electron chi connectivity index (χ4n) is 3.64. The number of hydrogen-bond acceptors (Lipinski definition) is 3. The first-order valence-electron chi connectivity index (χ1n) is 9.63. The summed E-state index contributed by atoms with van der Waals surface area (Å²) < 4.78 is 15.9. The zero-order valence-electron chi connectivity index (χ0n) is 16.6. The summed E-state index contributed by atoms with van der Waals surface area (Å²) in [7, 11) is 3.51. The quantitative estimate of drug-likeness (QED) is 0.848. The fourth-order valence-corrected chi connectivity index (χ4v) is 3.64. The Morgan fingerprint density at radius 3 is 2.78 bits per heavy atom. The summed E-state index contributed by atoms with van der Waals surface area (Å²) in [4.78, 5) is 14.2. The minimum absolute atomic E-state index is 0.0523. The van der Waals surface area contributed by atoms with Crippen LogP contribution >= 0.6 is 0 Å². The van der Waals surface area contributed by atoms with E-state index in [1.807, 2.05) is 10.7 Å². The molecule has 1 aliphatic rings. The second-order valence-electron chi connectivity index (χ2n) is 7.96. The van der Waals surface area contributed by atoms with E-state index in [1.165, 1.54) is 11.8 Å². The molecule has 0 saturated carbocycles. The van der Waals surface area contributed by atoms with Crippen LogP contribution in [-0.4, -0.2) is 40.7 Å².